The minimum atomic E-state index is 0.657. The van der Waals surface area contributed by atoms with Crippen LogP contribution in [0.25, 0.3) is 0 Å². The largest absolute Gasteiger partial charge is 0.492 e. The second kappa shape index (κ2) is 8.60. The fourth-order valence-electron chi connectivity index (χ4n) is 1.72. The van der Waals surface area contributed by atoms with E-state index in [4.69, 9.17) is 4.74 Å². The van der Waals surface area contributed by atoms with E-state index in [0.717, 1.165) is 31.7 Å². The maximum Gasteiger partial charge on any atom is 0.123 e. The van der Waals surface area contributed by atoms with Gasteiger partial charge in [-0.2, -0.15) is 0 Å². The SMILES string of the molecule is CC#CCCOc1ccc(C)cc1CNCCC. The summed E-state index contributed by atoms with van der Waals surface area (Å²) in [6.45, 7) is 8.69. The molecular weight excluding hydrogens is 222 g/mol. The topological polar surface area (TPSA) is 21.3 Å². The number of ether oxygens (including phenoxy) is 1. The van der Waals surface area contributed by atoms with Gasteiger partial charge in [0.1, 0.15) is 5.75 Å². The van der Waals surface area contributed by atoms with Gasteiger partial charge in [-0.15, -0.1) is 11.8 Å². The lowest BCUT2D eigenvalue weighted by atomic mass is 10.1. The molecule has 0 aliphatic carbocycles. The first-order chi connectivity index (χ1) is 8.77. The maximum atomic E-state index is 5.78. The molecule has 0 fully saturated rings. The summed E-state index contributed by atoms with van der Waals surface area (Å²) >= 11 is 0. The molecule has 0 saturated heterocycles. The van der Waals surface area contributed by atoms with E-state index in [2.05, 4.69) is 49.2 Å². The lowest BCUT2D eigenvalue weighted by Crippen LogP contribution is -2.15. The summed E-state index contributed by atoms with van der Waals surface area (Å²) in [6.07, 6.45) is 1.93. The van der Waals surface area contributed by atoms with E-state index < -0.39 is 0 Å². The second-order valence-corrected chi connectivity index (χ2v) is 4.31. The van der Waals surface area contributed by atoms with Gasteiger partial charge >= 0.3 is 0 Å². The van der Waals surface area contributed by atoms with E-state index in [-0.39, 0.29) is 0 Å². The van der Waals surface area contributed by atoms with Crippen LogP contribution in [0.3, 0.4) is 0 Å². The van der Waals surface area contributed by atoms with Crippen LogP contribution in [0.1, 0.15) is 37.8 Å². The molecule has 0 aliphatic heterocycles. The third-order valence-corrected chi connectivity index (χ3v) is 2.62. The van der Waals surface area contributed by atoms with Crippen LogP contribution in [0.15, 0.2) is 18.2 Å². The summed E-state index contributed by atoms with van der Waals surface area (Å²) in [5, 5.41) is 3.41. The van der Waals surface area contributed by atoms with Crippen LogP contribution in [0.4, 0.5) is 0 Å². The standard InChI is InChI=1S/C16H23NO/c1-4-6-7-11-18-16-9-8-14(3)12-15(16)13-17-10-5-2/h8-9,12,17H,5,7,10-11,13H2,1-3H3. The van der Waals surface area contributed by atoms with Gasteiger partial charge in [-0.25, -0.2) is 0 Å². The first-order valence-electron chi connectivity index (χ1n) is 6.60. The molecule has 2 heteroatoms. The molecule has 0 heterocycles. The van der Waals surface area contributed by atoms with Crippen molar-refractivity contribution < 1.29 is 4.74 Å². The molecule has 1 N–H and O–H groups in total. The average Bonchev–Trinajstić information content (AvgIpc) is 2.37. The van der Waals surface area contributed by atoms with Crippen molar-refractivity contribution >= 4 is 0 Å². The summed E-state index contributed by atoms with van der Waals surface area (Å²) in [5.74, 6) is 6.86. The number of hydrogen-bond donors (Lipinski definition) is 1. The molecule has 1 aromatic rings. The zero-order valence-corrected chi connectivity index (χ0v) is 11.7. The molecule has 0 unspecified atom stereocenters. The van der Waals surface area contributed by atoms with Crippen molar-refractivity contribution in [1.82, 2.24) is 5.32 Å². The number of aryl methyl sites for hydroxylation is 1. The van der Waals surface area contributed by atoms with Crippen LogP contribution in [-0.2, 0) is 6.54 Å². The molecule has 0 saturated carbocycles. The van der Waals surface area contributed by atoms with Crippen molar-refractivity contribution in [2.75, 3.05) is 13.2 Å². The van der Waals surface area contributed by atoms with Crippen molar-refractivity contribution in [3.63, 3.8) is 0 Å². The van der Waals surface area contributed by atoms with Gasteiger partial charge < -0.3 is 10.1 Å². The summed E-state index contributed by atoms with van der Waals surface area (Å²) in [4.78, 5) is 0. The molecule has 1 rings (SSSR count). The molecule has 0 radical (unpaired) electrons. The Morgan fingerprint density at radius 2 is 2.17 bits per heavy atom. The molecule has 1 aromatic carbocycles. The van der Waals surface area contributed by atoms with Gasteiger partial charge in [-0.1, -0.05) is 24.6 Å². The third kappa shape index (κ3) is 5.25. The Hall–Kier alpha value is -1.46. The van der Waals surface area contributed by atoms with E-state index in [1.54, 1.807) is 0 Å². The highest BCUT2D eigenvalue weighted by Gasteiger charge is 2.03. The van der Waals surface area contributed by atoms with Crippen LogP contribution < -0.4 is 10.1 Å². The molecule has 0 aromatic heterocycles. The quantitative estimate of drug-likeness (QED) is 0.588. The zero-order chi connectivity index (χ0) is 13.2. The Labute approximate surface area is 111 Å². The molecule has 98 valence electrons. The monoisotopic (exact) mass is 245 g/mol. The molecule has 0 amide bonds. The molecule has 0 atom stereocenters. The van der Waals surface area contributed by atoms with E-state index in [1.165, 1.54) is 11.1 Å². The van der Waals surface area contributed by atoms with Crippen molar-refractivity contribution in [3.8, 4) is 17.6 Å². The van der Waals surface area contributed by atoms with Gasteiger partial charge in [0, 0.05) is 18.5 Å². The smallest absolute Gasteiger partial charge is 0.123 e. The lowest BCUT2D eigenvalue weighted by Gasteiger charge is -2.12. The summed E-state index contributed by atoms with van der Waals surface area (Å²) in [7, 11) is 0. The van der Waals surface area contributed by atoms with Crippen molar-refractivity contribution in [2.45, 2.75) is 40.2 Å². The molecule has 0 aliphatic rings. The summed E-state index contributed by atoms with van der Waals surface area (Å²) < 4.78 is 5.78. The minimum absolute atomic E-state index is 0.657. The van der Waals surface area contributed by atoms with Gasteiger partial charge in [-0.3, -0.25) is 0 Å². The summed E-state index contributed by atoms with van der Waals surface area (Å²) in [6, 6.07) is 6.32. The third-order valence-electron chi connectivity index (χ3n) is 2.62. The summed E-state index contributed by atoms with van der Waals surface area (Å²) in [5.41, 5.74) is 2.50. The van der Waals surface area contributed by atoms with Crippen LogP contribution in [0.5, 0.6) is 5.75 Å². The van der Waals surface area contributed by atoms with Gasteiger partial charge in [0.25, 0.3) is 0 Å². The normalized spacial score (nSPS) is 9.72. The second-order valence-electron chi connectivity index (χ2n) is 4.31. The zero-order valence-electron chi connectivity index (χ0n) is 11.7. The fourth-order valence-corrected chi connectivity index (χ4v) is 1.72. The fraction of sp³-hybridized carbons (Fsp3) is 0.500. The van der Waals surface area contributed by atoms with Crippen LogP contribution in [0.2, 0.25) is 0 Å². The van der Waals surface area contributed by atoms with Gasteiger partial charge in [0.2, 0.25) is 0 Å². The van der Waals surface area contributed by atoms with E-state index in [1.807, 2.05) is 6.92 Å². The van der Waals surface area contributed by atoms with Crippen molar-refractivity contribution in [3.05, 3.63) is 29.3 Å². The minimum Gasteiger partial charge on any atom is -0.492 e. The van der Waals surface area contributed by atoms with E-state index in [0.29, 0.717) is 6.61 Å². The molecule has 18 heavy (non-hydrogen) atoms. The number of hydrogen-bond acceptors (Lipinski definition) is 2. The first kappa shape index (κ1) is 14.6. The van der Waals surface area contributed by atoms with Crippen LogP contribution >= 0.6 is 0 Å². The Morgan fingerprint density at radius 1 is 1.33 bits per heavy atom. The Balaban J connectivity index is 2.59. The highest BCUT2D eigenvalue weighted by atomic mass is 16.5. The van der Waals surface area contributed by atoms with Crippen LogP contribution in [0, 0.1) is 18.8 Å². The Kier molecular flexibility index (Phi) is 6.98. The number of rotatable bonds is 7. The number of benzene rings is 1. The Morgan fingerprint density at radius 3 is 2.89 bits per heavy atom. The Bertz CT molecular complexity index is 415. The van der Waals surface area contributed by atoms with Crippen molar-refractivity contribution in [1.29, 1.82) is 0 Å². The van der Waals surface area contributed by atoms with E-state index in [9.17, 15) is 0 Å². The van der Waals surface area contributed by atoms with Crippen molar-refractivity contribution in [2.24, 2.45) is 0 Å². The van der Waals surface area contributed by atoms with Gasteiger partial charge in [0.15, 0.2) is 0 Å². The predicted molar refractivity (Wildman–Crippen MR) is 76.7 cm³/mol. The highest BCUT2D eigenvalue weighted by Crippen LogP contribution is 2.20. The molecule has 2 nitrogen and oxygen atoms in total. The highest BCUT2D eigenvalue weighted by molar-refractivity contribution is 5.36. The first-order valence-corrected chi connectivity index (χ1v) is 6.60. The van der Waals surface area contributed by atoms with E-state index >= 15 is 0 Å². The van der Waals surface area contributed by atoms with Crippen LogP contribution in [-0.4, -0.2) is 13.2 Å². The lowest BCUT2D eigenvalue weighted by molar-refractivity contribution is 0.322. The maximum absolute atomic E-state index is 5.78. The molecule has 0 bridgehead atoms. The molecular formula is C16H23NO. The van der Waals surface area contributed by atoms with Gasteiger partial charge in [-0.05, 0) is 32.9 Å². The average molecular weight is 245 g/mol. The molecule has 0 spiro atoms. The predicted octanol–water partition coefficient (Wildman–Crippen LogP) is 3.29. The van der Waals surface area contributed by atoms with Gasteiger partial charge in [0.05, 0.1) is 6.61 Å². The number of nitrogens with one attached hydrogen (secondary N) is 1.